The molecule has 1 aromatic rings. The van der Waals surface area contributed by atoms with Crippen LogP contribution in [0.25, 0.3) is 0 Å². The smallest absolute Gasteiger partial charge is 0.416 e. The molecule has 1 rings (SSSR count). The number of aliphatic hydroxyl groups excluding tert-OH is 1. The Morgan fingerprint density at radius 3 is 2.50 bits per heavy atom. The molecule has 0 radical (unpaired) electrons. The van der Waals surface area contributed by atoms with Gasteiger partial charge in [0.25, 0.3) is 0 Å². The first-order valence-corrected chi connectivity index (χ1v) is 6.43. The Kier molecular flexibility index (Phi) is 6.71. The minimum atomic E-state index is -4.40. The Labute approximate surface area is 125 Å². The van der Waals surface area contributed by atoms with Gasteiger partial charge in [-0.2, -0.15) is 13.2 Å². The minimum absolute atomic E-state index is 0.0520. The van der Waals surface area contributed by atoms with E-state index in [4.69, 9.17) is 4.74 Å². The molecule has 0 fully saturated rings. The zero-order valence-electron chi connectivity index (χ0n) is 11.7. The summed E-state index contributed by atoms with van der Waals surface area (Å²) in [5, 5.41) is 14.5. The molecule has 2 amide bonds. The zero-order valence-corrected chi connectivity index (χ0v) is 11.7. The molecule has 0 spiro atoms. The van der Waals surface area contributed by atoms with Crippen molar-refractivity contribution in [2.24, 2.45) is 0 Å². The third-order valence-electron chi connectivity index (χ3n) is 2.53. The molecule has 8 heteroatoms. The van der Waals surface area contributed by atoms with E-state index in [-0.39, 0.29) is 18.9 Å². The van der Waals surface area contributed by atoms with E-state index in [0.29, 0.717) is 6.54 Å². The molecule has 0 aliphatic heterocycles. The second-order valence-corrected chi connectivity index (χ2v) is 4.37. The molecule has 122 valence electrons. The van der Waals surface area contributed by atoms with Crippen molar-refractivity contribution in [2.75, 3.05) is 19.7 Å². The van der Waals surface area contributed by atoms with Crippen molar-refractivity contribution in [1.29, 1.82) is 0 Å². The number of nitrogens with one attached hydrogen (secondary N) is 2. The van der Waals surface area contributed by atoms with Gasteiger partial charge in [0.1, 0.15) is 18.5 Å². The number of hydrogen-bond donors (Lipinski definition) is 3. The van der Waals surface area contributed by atoms with Gasteiger partial charge in [-0.3, -0.25) is 0 Å². The van der Waals surface area contributed by atoms with Crippen LogP contribution in [-0.4, -0.2) is 36.9 Å². The normalized spacial score (nSPS) is 12.4. The van der Waals surface area contributed by atoms with Crippen molar-refractivity contribution < 1.29 is 27.8 Å². The Hall–Kier alpha value is -2.22. The summed E-state index contributed by atoms with van der Waals surface area (Å²) in [4.78, 5) is 11.2. The third-order valence-corrected chi connectivity index (χ3v) is 2.53. The van der Waals surface area contributed by atoms with Crippen molar-refractivity contribution >= 4 is 6.03 Å². The van der Waals surface area contributed by atoms with E-state index in [2.05, 4.69) is 17.2 Å². The molecular weight excluding hydrogens is 301 g/mol. The predicted octanol–water partition coefficient (Wildman–Crippen LogP) is 1.93. The lowest BCUT2D eigenvalue weighted by molar-refractivity contribution is -0.137. The number of alkyl halides is 3. The summed E-state index contributed by atoms with van der Waals surface area (Å²) in [6.45, 7) is 3.51. The highest BCUT2D eigenvalue weighted by molar-refractivity contribution is 5.73. The Balaban J connectivity index is 2.33. The summed E-state index contributed by atoms with van der Waals surface area (Å²) in [6.07, 6.45) is -3.89. The SMILES string of the molecule is C=CCNC(=O)NC[C@H](O)COc1ccc(C(F)(F)F)cc1. The number of urea groups is 1. The molecule has 0 saturated carbocycles. The maximum absolute atomic E-state index is 12.4. The maximum atomic E-state index is 12.4. The lowest BCUT2D eigenvalue weighted by Gasteiger charge is -2.14. The molecule has 0 bridgehead atoms. The summed E-state index contributed by atoms with van der Waals surface area (Å²) in [5.74, 6) is 0.197. The van der Waals surface area contributed by atoms with Crippen LogP contribution in [0.2, 0.25) is 0 Å². The standard InChI is InChI=1S/C14H17F3N2O3/c1-2-7-18-13(21)19-8-11(20)9-22-12-5-3-10(4-6-12)14(15,16)17/h2-6,11,20H,1,7-9H2,(H2,18,19,21)/t11-/m0/s1. The van der Waals surface area contributed by atoms with Crippen molar-refractivity contribution in [3.8, 4) is 5.75 Å². The van der Waals surface area contributed by atoms with Gasteiger partial charge in [0.05, 0.1) is 5.56 Å². The van der Waals surface area contributed by atoms with Crippen LogP contribution in [0, 0.1) is 0 Å². The molecule has 3 N–H and O–H groups in total. The number of carbonyl (C=O) groups is 1. The monoisotopic (exact) mass is 318 g/mol. The third kappa shape index (κ3) is 6.49. The number of hydrogen-bond acceptors (Lipinski definition) is 3. The number of halogens is 3. The highest BCUT2D eigenvalue weighted by Crippen LogP contribution is 2.30. The van der Waals surface area contributed by atoms with E-state index in [1.165, 1.54) is 18.2 Å². The number of ether oxygens (including phenoxy) is 1. The first-order chi connectivity index (χ1) is 10.3. The topological polar surface area (TPSA) is 70.6 Å². The summed E-state index contributed by atoms with van der Waals surface area (Å²) in [7, 11) is 0. The van der Waals surface area contributed by atoms with Gasteiger partial charge < -0.3 is 20.5 Å². The molecule has 0 aromatic heterocycles. The van der Waals surface area contributed by atoms with E-state index in [1.54, 1.807) is 0 Å². The molecule has 0 aliphatic carbocycles. The average molecular weight is 318 g/mol. The average Bonchev–Trinajstić information content (AvgIpc) is 2.48. The summed E-state index contributed by atoms with van der Waals surface area (Å²) < 4.78 is 42.2. The Morgan fingerprint density at radius 2 is 1.95 bits per heavy atom. The fourth-order valence-electron chi connectivity index (χ4n) is 1.43. The van der Waals surface area contributed by atoms with Gasteiger partial charge in [-0.15, -0.1) is 6.58 Å². The quantitative estimate of drug-likeness (QED) is 0.673. The van der Waals surface area contributed by atoms with E-state index >= 15 is 0 Å². The summed E-state index contributed by atoms with van der Waals surface area (Å²) >= 11 is 0. The lowest BCUT2D eigenvalue weighted by atomic mass is 10.2. The fraction of sp³-hybridized carbons (Fsp3) is 0.357. The van der Waals surface area contributed by atoms with Crippen molar-refractivity contribution in [1.82, 2.24) is 10.6 Å². The van der Waals surface area contributed by atoms with Gasteiger partial charge in [-0.1, -0.05) is 6.08 Å². The van der Waals surface area contributed by atoms with Gasteiger partial charge in [0, 0.05) is 13.1 Å². The van der Waals surface area contributed by atoms with Crippen LogP contribution in [0.3, 0.4) is 0 Å². The first-order valence-electron chi connectivity index (χ1n) is 6.43. The van der Waals surface area contributed by atoms with Gasteiger partial charge in [0.2, 0.25) is 0 Å². The molecule has 0 unspecified atom stereocenters. The van der Waals surface area contributed by atoms with Crippen molar-refractivity contribution in [3.05, 3.63) is 42.5 Å². The van der Waals surface area contributed by atoms with E-state index in [9.17, 15) is 23.1 Å². The van der Waals surface area contributed by atoms with Gasteiger partial charge >= 0.3 is 12.2 Å². The molecule has 1 atom stereocenters. The fourth-order valence-corrected chi connectivity index (χ4v) is 1.43. The van der Waals surface area contributed by atoms with Crippen LogP contribution < -0.4 is 15.4 Å². The molecule has 5 nitrogen and oxygen atoms in total. The molecule has 22 heavy (non-hydrogen) atoms. The van der Waals surface area contributed by atoms with E-state index < -0.39 is 23.9 Å². The molecule has 0 aliphatic rings. The number of rotatable bonds is 7. The van der Waals surface area contributed by atoms with Gasteiger partial charge in [0.15, 0.2) is 0 Å². The maximum Gasteiger partial charge on any atom is 0.416 e. The number of carbonyl (C=O) groups excluding carboxylic acids is 1. The van der Waals surface area contributed by atoms with Gasteiger partial charge in [-0.25, -0.2) is 4.79 Å². The Bertz CT molecular complexity index is 489. The molecule has 1 aromatic carbocycles. The van der Waals surface area contributed by atoms with Crippen LogP contribution in [0.5, 0.6) is 5.75 Å². The Morgan fingerprint density at radius 1 is 1.32 bits per heavy atom. The summed E-state index contributed by atoms with van der Waals surface area (Å²) in [6, 6.07) is 3.65. The summed E-state index contributed by atoms with van der Waals surface area (Å²) in [5.41, 5.74) is -0.777. The number of amides is 2. The second kappa shape index (κ2) is 8.28. The number of aliphatic hydroxyl groups is 1. The molecule has 0 heterocycles. The van der Waals surface area contributed by atoms with Crippen LogP contribution in [-0.2, 0) is 6.18 Å². The van der Waals surface area contributed by atoms with Crippen molar-refractivity contribution in [3.63, 3.8) is 0 Å². The van der Waals surface area contributed by atoms with E-state index in [1.807, 2.05) is 0 Å². The van der Waals surface area contributed by atoms with Crippen LogP contribution in [0.15, 0.2) is 36.9 Å². The highest BCUT2D eigenvalue weighted by Gasteiger charge is 2.30. The molecular formula is C14H17F3N2O3. The van der Waals surface area contributed by atoms with Crippen LogP contribution in [0.1, 0.15) is 5.56 Å². The van der Waals surface area contributed by atoms with Crippen molar-refractivity contribution in [2.45, 2.75) is 12.3 Å². The van der Waals surface area contributed by atoms with Crippen LogP contribution >= 0.6 is 0 Å². The minimum Gasteiger partial charge on any atom is -0.491 e. The lowest BCUT2D eigenvalue weighted by Crippen LogP contribution is -2.41. The molecule has 0 saturated heterocycles. The largest absolute Gasteiger partial charge is 0.491 e. The first kappa shape index (κ1) is 17.8. The zero-order chi connectivity index (χ0) is 16.6. The van der Waals surface area contributed by atoms with E-state index in [0.717, 1.165) is 12.1 Å². The predicted molar refractivity (Wildman–Crippen MR) is 74.5 cm³/mol. The highest BCUT2D eigenvalue weighted by atomic mass is 19.4. The second-order valence-electron chi connectivity index (χ2n) is 4.37. The van der Waals surface area contributed by atoms with Crippen LogP contribution in [0.4, 0.5) is 18.0 Å². The van der Waals surface area contributed by atoms with Gasteiger partial charge in [-0.05, 0) is 24.3 Å². The number of benzene rings is 1.